The Bertz CT molecular complexity index is 770. The van der Waals surface area contributed by atoms with E-state index < -0.39 is 0 Å². The first kappa shape index (κ1) is 10.5. The summed E-state index contributed by atoms with van der Waals surface area (Å²) in [7, 11) is 0. The Labute approximate surface area is 101 Å². The van der Waals surface area contributed by atoms with Crippen LogP contribution in [0.25, 0.3) is 16.7 Å². The SMILES string of the molecule is Cc1n[nH]c(=O)c2nnn(-c3ccc(N)cc3)c12. The van der Waals surface area contributed by atoms with Gasteiger partial charge in [-0.3, -0.25) is 4.79 Å². The van der Waals surface area contributed by atoms with Crippen LogP contribution >= 0.6 is 0 Å². The van der Waals surface area contributed by atoms with Crippen molar-refractivity contribution < 1.29 is 0 Å². The molecule has 0 aliphatic heterocycles. The number of hydrogen-bond donors (Lipinski definition) is 2. The van der Waals surface area contributed by atoms with E-state index in [4.69, 9.17) is 5.73 Å². The zero-order valence-corrected chi connectivity index (χ0v) is 9.58. The van der Waals surface area contributed by atoms with Crippen molar-refractivity contribution >= 4 is 16.7 Å². The van der Waals surface area contributed by atoms with Crippen LogP contribution in [0.3, 0.4) is 0 Å². The van der Waals surface area contributed by atoms with Crippen LogP contribution in [0.1, 0.15) is 5.69 Å². The van der Waals surface area contributed by atoms with Crippen LogP contribution in [0.4, 0.5) is 5.69 Å². The summed E-state index contributed by atoms with van der Waals surface area (Å²) < 4.78 is 1.58. The highest BCUT2D eigenvalue weighted by Crippen LogP contribution is 2.16. The molecule has 0 aliphatic rings. The largest absolute Gasteiger partial charge is 0.399 e. The first-order valence-corrected chi connectivity index (χ1v) is 5.33. The van der Waals surface area contributed by atoms with Crippen LogP contribution in [0.5, 0.6) is 0 Å². The Balaban J connectivity index is 2.34. The average Bonchev–Trinajstić information content (AvgIpc) is 2.81. The molecule has 0 saturated heterocycles. The standard InChI is InChI=1S/C11H10N6O/c1-6-10-9(11(18)15-13-6)14-16-17(10)8-4-2-7(12)3-5-8/h2-5H,12H2,1H3,(H,15,18). The molecule has 90 valence electrons. The lowest BCUT2D eigenvalue weighted by molar-refractivity contribution is 0.820. The van der Waals surface area contributed by atoms with Gasteiger partial charge in [0.05, 0.1) is 11.4 Å². The lowest BCUT2D eigenvalue weighted by atomic mass is 10.2. The molecule has 3 rings (SSSR count). The second-order valence-electron chi connectivity index (χ2n) is 3.93. The molecule has 0 amide bonds. The molecule has 0 radical (unpaired) electrons. The minimum Gasteiger partial charge on any atom is -0.399 e. The number of nitrogens with one attached hydrogen (secondary N) is 1. The number of H-pyrrole nitrogens is 1. The maximum atomic E-state index is 11.6. The fourth-order valence-corrected chi connectivity index (χ4v) is 1.80. The van der Waals surface area contributed by atoms with Crippen molar-refractivity contribution in [1.29, 1.82) is 0 Å². The lowest BCUT2D eigenvalue weighted by Crippen LogP contribution is -2.10. The molecule has 3 N–H and O–H groups in total. The highest BCUT2D eigenvalue weighted by molar-refractivity contribution is 5.77. The highest BCUT2D eigenvalue weighted by Gasteiger charge is 2.12. The third-order valence-electron chi connectivity index (χ3n) is 2.69. The molecule has 3 aromatic rings. The van der Waals surface area contributed by atoms with E-state index in [-0.39, 0.29) is 11.1 Å². The average molecular weight is 242 g/mol. The van der Waals surface area contributed by atoms with Crippen LogP contribution in [-0.2, 0) is 0 Å². The molecule has 0 spiro atoms. The molecule has 0 saturated carbocycles. The van der Waals surface area contributed by atoms with Gasteiger partial charge in [0.15, 0.2) is 5.52 Å². The summed E-state index contributed by atoms with van der Waals surface area (Å²) >= 11 is 0. The van der Waals surface area contributed by atoms with Crippen molar-refractivity contribution in [3.63, 3.8) is 0 Å². The zero-order chi connectivity index (χ0) is 12.7. The first-order chi connectivity index (χ1) is 8.66. The van der Waals surface area contributed by atoms with Crippen LogP contribution < -0.4 is 11.3 Å². The number of fused-ring (bicyclic) bond motifs is 1. The van der Waals surface area contributed by atoms with Gasteiger partial charge in [0, 0.05) is 5.69 Å². The van der Waals surface area contributed by atoms with Gasteiger partial charge < -0.3 is 5.73 Å². The minimum atomic E-state index is -0.350. The summed E-state index contributed by atoms with van der Waals surface area (Å²) in [6.07, 6.45) is 0. The molecule has 0 unspecified atom stereocenters. The Kier molecular flexibility index (Phi) is 2.12. The van der Waals surface area contributed by atoms with E-state index in [9.17, 15) is 4.79 Å². The van der Waals surface area contributed by atoms with Gasteiger partial charge in [-0.1, -0.05) is 5.21 Å². The molecule has 1 aromatic carbocycles. The van der Waals surface area contributed by atoms with E-state index in [0.717, 1.165) is 5.69 Å². The van der Waals surface area contributed by atoms with Crippen LogP contribution in [-0.4, -0.2) is 25.2 Å². The number of aromatic amines is 1. The number of nitrogens with two attached hydrogens (primary N) is 1. The van der Waals surface area contributed by atoms with Gasteiger partial charge in [-0.15, -0.1) is 5.10 Å². The second-order valence-corrected chi connectivity index (χ2v) is 3.93. The van der Waals surface area contributed by atoms with Gasteiger partial charge in [-0.05, 0) is 31.2 Å². The summed E-state index contributed by atoms with van der Waals surface area (Å²) in [5.41, 5.74) is 8.26. The number of aryl methyl sites for hydroxylation is 1. The van der Waals surface area contributed by atoms with Gasteiger partial charge in [-0.2, -0.15) is 5.10 Å². The van der Waals surface area contributed by atoms with Gasteiger partial charge in [0.1, 0.15) is 5.52 Å². The minimum absolute atomic E-state index is 0.277. The Morgan fingerprint density at radius 3 is 2.72 bits per heavy atom. The number of nitrogen functional groups attached to an aromatic ring is 1. The Morgan fingerprint density at radius 2 is 2.00 bits per heavy atom. The number of hydrogen-bond acceptors (Lipinski definition) is 5. The molecule has 0 bridgehead atoms. The van der Waals surface area contributed by atoms with Gasteiger partial charge in [-0.25, -0.2) is 9.78 Å². The summed E-state index contributed by atoms with van der Waals surface area (Å²) in [5.74, 6) is 0. The molecule has 0 fully saturated rings. The molecule has 7 heteroatoms. The zero-order valence-electron chi connectivity index (χ0n) is 9.58. The molecular formula is C11H10N6O. The molecule has 7 nitrogen and oxygen atoms in total. The molecule has 0 atom stereocenters. The van der Waals surface area contributed by atoms with E-state index in [0.29, 0.717) is 16.9 Å². The van der Waals surface area contributed by atoms with Crippen molar-refractivity contribution in [1.82, 2.24) is 25.2 Å². The van der Waals surface area contributed by atoms with Crippen molar-refractivity contribution in [3.8, 4) is 5.69 Å². The predicted molar refractivity (Wildman–Crippen MR) is 66.4 cm³/mol. The van der Waals surface area contributed by atoms with Crippen molar-refractivity contribution in [2.75, 3.05) is 5.73 Å². The van der Waals surface area contributed by atoms with Gasteiger partial charge >= 0.3 is 0 Å². The Hall–Kier alpha value is -2.70. The monoisotopic (exact) mass is 242 g/mol. The topological polar surface area (TPSA) is 102 Å². The second kappa shape index (κ2) is 3.66. The van der Waals surface area contributed by atoms with E-state index >= 15 is 0 Å². The van der Waals surface area contributed by atoms with Crippen LogP contribution in [0.15, 0.2) is 29.1 Å². The number of benzene rings is 1. The van der Waals surface area contributed by atoms with E-state index in [1.54, 1.807) is 23.7 Å². The molecular weight excluding hydrogens is 232 g/mol. The van der Waals surface area contributed by atoms with E-state index in [1.165, 1.54) is 0 Å². The summed E-state index contributed by atoms with van der Waals surface area (Å²) in [4.78, 5) is 11.6. The first-order valence-electron chi connectivity index (χ1n) is 5.33. The van der Waals surface area contributed by atoms with Crippen molar-refractivity contribution in [2.24, 2.45) is 0 Å². The Morgan fingerprint density at radius 1 is 1.28 bits per heavy atom. The fraction of sp³-hybridized carbons (Fsp3) is 0.0909. The van der Waals surface area contributed by atoms with Crippen molar-refractivity contribution in [2.45, 2.75) is 6.92 Å². The summed E-state index contributed by atoms with van der Waals surface area (Å²) in [6.45, 7) is 1.79. The lowest BCUT2D eigenvalue weighted by Gasteiger charge is -2.03. The van der Waals surface area contributed by atoms with Crippen molar-refractivity contribution in [3.05, 3.63) is 40.3 Å². The molecule has 18 heavy (non-hydrogen) atoms. The van der Waals surface area contributed by atoms with Gasteiger partial charge in [0.25, 0.3) is 5.56 Å². The predicted octanol–water partition coefficient (Wildman–Crippen LogP) is 0.394. The highest BCUT2D eigenvalue weighted by atomic mass is 16.1. The summed E-state index contributed by atoms with van der Waals surface area (Å²) in [5, 5.41) is 14.2. The third kappa shape index (κ3) is 1.45. The van der Waals surface area contributed by atoms with E-state index in [1.807, 2.05) is 12.1 Å². The van der Waals surface area contributed by atoms with E-state index in [2.05, 4.69) is 20.5 Å². The maximum Gasteiger partial charge on any atom is 0.294 e. The van der Waals surface area contributed by atoms with Crippen LogP contribution in [0, 0.1) is 6.92 Å². The molecule has 2 heterocycles. The third-order valence-corrected chi connectivity index (χ3v) is 2.69. The van der Waals surface area contributed by atoms with Gasteiger partial charge in [0.2, 0.25) is 0 Å². The number of aromatic nitrogens is 5. The maximum absolute atomic E-state index is 11.6. The molecule has 0 aliphatic carbocycles. The number of nitrogens with zero attached hydrogens (tertiary/aromatic N) is 4. The molecule has 2 aromatic heterocycles. The fourth-order valence-electron chi connectivity index (χ4n) is 1.80. The number of rotatable bonds is 1. The quantitative estimate of drug-likeness (QED) is 0.601. The normalized spacial score (nSPS) is 10.9. The van der Waals surface area contributed by atoms with Crippen LogP contribution in [0.2, 0.25) is 0 Å². The summed E-state index contributed by atoms with van der Waals surface area (Å²) in [6, 6.07) is 7.14. The smallest absolute Gasteiger partial charge is 0.294 e. The number of anilines is 1.